The molecule has 2 N–H and O–H groups in total. The zero-order chi connectivity index (χ0) is 15.4. The summed E-state index contributed by atoms with van der Waals surface area (Å²) in [7, 11) is 5.47. The van der Waals surface area contributed by atoms with Crippen LogP contribution in [-0.2, 0) is 6.54 Å². The van der Waals surface area contributed by atoms with Gasteiger partial charge < -0.3 is 20.1 Å². The Bertz CT molecular complexity index is 630. The van der Waals surface area contributed by atoms with Gasteiger partial charge in [-0.3, -0.25) is 0 Å². The van der Waals surface area contributed by atoms with Gasteiger partial charge in [-0.25, -0.2) is 0 Å². The summed E-state index contributed by atoms with van der Waals surface area (Å²) >= 11 is 6.23. The Labute approximate surface area is 129 Å². The molecule has 21 heavy (non-hydrogen) atoms. The number of phenols is 1. The number of benzene rings is 2. The van der Waals surface area contributed by atoms with Crippen LogP contribution in [0, 0.1) is 0 Å². The number of aromatic hydroxyl groups is 1. The SMILES string of the molecule is COc1ccc(CNc2ccc(N(C)C)c(Cl)c2)c(O)c1. The monoisotopic (exact) mass is 306 g/mol. The van der Waals surface area contributed by atoms with Gasteiger partial charge in [0.25, 0.3) is 0 Å². The maximum atomic E-state index is 9.92. The summed E-state index contributed by atoms with van der Waals surface area (Å²) in [6.07, 6.45) is 0. The highest BCUT2D eigenvalue weighted by Gasteiger charge is 2.06. The molecule has 5 heteroatoms. The number of phenolic OH excluding ortho intramolecular Hbond substituents is 1. The van der Waals surface area contributed by atoms with Crippen molar-refractivity contribution in [3.05, 3.63) is 47.0 Å². The normalized spacial score (nSPS) is 10.3. The Morgan fingerprint density at radius 2 is 1.95 bits per heavy atom. The van der Waals surface area contributed by atoms with Crippen molar-refractivity contribution in [1.29, 1.82) is 0 Å². The van der Waals surface area contributed by atoms with E-state index in [0.29, 0.717) is 17.3 Å². The molecule has 0 aliphatic carbocycles. The summed E-state index contributed by atoms with van der Waals surface area (Å²) in [5.41, 5.74) is 2.67. The van der Waals surface area contributed by atoms with Gasteiger partial charge in [0.15, 0.2) is 0 Å². The van der Waals surface area contributed by atoms with Crippen LogP contribution in [0.25, 0.3) is 0 Å². The van der Waals surface area contributed by atoms with Crippen molar-refractivity contribution in [2.45, 2.75) is 6.54 Å². The number of halogens is 1. The predicted molar refractivity (Wildman–Crippen MR) is 87.8 cm³/mol. The predicted octanol–water partition coefficient (Wildman–Crippen LogP) is 3.73. The van der Waals surface area contributed by atoms with E-state index in [0.717, 1.165) is 16.9 Å². The van der Waals surface area contributed by atoms with Crippen molar-refractivity contribution >= 4 is 23.0 Å². The summed E-state index contributed by atoms with van der Waals surface area (Å²) in [6, 6.07) is 11.0. The summed E-state index contributed by atoms with van der Waals surface area (Å²) in [6.45, 7) is 0.507. The molecule has 0 heterocycles. The quantitative estimate of drug-likeness (QED) is 0.883. The summed E-state index contributed by atoms with van der Waals surface area (Å²) in [4.78, 5) is 1.96. The molecule has 0 saturated heterocycles. The van der Waals surface area contributed by atoms with E-state index in [2.05, 4.69) is 5.32 Å². The number of nitrogens with one attached hydrogen (secondary N) is 1. The molecule has 2 aromatic rings. The van der Waals surface area contributed by atoms with Crippen LogP contribution in [0.4, 0.5) is 11.4 Å². The van der Waals surface area contributed by atoms with Crippen LogP contribution in [0.3, 0.4) is 0 Å². The lowest BCUT2D eigenvalue weighted by Crippen LogP contribution is -2.09. The van der Waals surface area contributed by atoms with E-state index in [-0.39, 0.29) is 5.75 Å². The van der Waals surface area contributed by atoms with Crippen molar-refractivity contribution in [2.75, 3.05) is 31.4 Å². The summed E-state index contributed by atoms with van der Waals surface area (Å²) < 4.78 is 5.06. The van der Waals surface area contributed by atoms with Gasteiger partial charge in [-0.15, -0.1) is 0 Å². The molecule has 0 amide bonds. The van der Waals surface area contributed by atoms with Crippen molar-refractivity contribution in [1.82, 2.24) is 0 Å². The van der Waals surface area contributed by atoms with Crippen LogP contribution < -0.4 is 15.0 Å². The van der Waals surface area contributed by atoms with Gasteiger partial charge in [-0.05, 0) is 30.3 Å². The third-order valence-electron chi connectivity index (χ3n) is 3.20. The molecular formula is C16H19ClN2O2. The Kier molecular flexibility index (Phi) is 4.81. The molecule has 0 aliphatic rings. The fraction of sp³-hybridized carbons (Fsp3) is 0.250. The second-order valence-electron chi connectivity index (χ2n) is 4.91. The number of anilines is 2. The molecule has 0 fully saturated rings. The van der Waals surface area contributed by atoms with Crippen molar-refractivity contribution < 1.29 is 9.84 Å². The molecule has 2 rings (SSSR count). The highest BCUT2D eigenvalue weighted by atomic mass is 35.5. The molecule has 0 aliphatic heterocycles. The van der Waals surface area contributed by atoms with Crippen LogP contribution in [0.2, 0.25) is 5.02 Å². The standard InChI is InChI=1S/C16H19ClN2O2/c1-19(2)15-7-5-12(8-14(15)17)18-10-11-4-6-13(21-3)9-16(11)20/h4-9,18,20H,10H2,1-3H3. The van der Waals surface area contributed by atoms with E-state index in [9.17, 15) is 5.11 Å². The van der Waals surface area contributed by atoms with Crippen LogP contribution in [0.5, 0.6) is 11.5 Å². The number of hydrogen-bond acceptors (Lipinski definition) is 4. The Morgan fingerprint density at radius 1 is 1.19 bits per heavy atom. The first-order chi connectivity index (χ1) is 10.0. The van der Waals surface area contributed by atoms with Gasteiger partial charge in [0.2, 0.25) is 0 Å². The number of hydrogen-bond donors (Lipinski definition) is 2. The maximum absolute atomic E-state index is 9.92. The molecule has 0 bridgehead atoms. The molecule has 2 aromatic carbocycles. The largest absolute Gasteiger partial charge is 0.507 e. The van der Waals surface area contributed by atoms with E-state index in [1.807, 2.05) is 49.3 Å². The first-order valence-corrected chi connectivity index (χ1v) is 6.95. The zero-order valence-corrected chi connectivity index (χ0v) is 13.1. The lowest BCUT2D eigenvalue weighted by molar-refractivity contribution is 0.406. The Morgan fingerprint density at radius 3 is 2.52 bits per heavy atom. The fourth-order valence-electron chi connectivity index (χ4n) is 2.00. The molecule has 0 atom stereocenters. The van der Waals surface area contributed by atoms with Gasteiger partial charge in [0.1, 0.15) is 11.5 Å². The molecule has 112 valence electrons. The number of ether oxygens (including phenoxy) is 1. The fourth-order valence-corrected chi connectivity index (χ4v) is 2.35. The molecule has 0 spiro atoms. The average molecular weight is 307 g/mol. The van der Waals surface area contributed by atoms with Crippen molar-refractivity contribution in [3.63, 3.8) is 0 Å². The van der Waals surface area contributed by atoms with Crippen LogP contribution in [-0.4, -0.2) is 26.3 Å². The van der Waals surface area contributed by atoms with Crippen LogP contribution in [0.15, 0.2) is 36.4 Å². The topological polar surface area (TPSA) is 44.7 Å². The minimum Gasteiger partial charge on any atom is -0.507 e. The summed E-state index contributed by atoms with van der Waals surface area (Å²) in [5.74, 6) is 0.840. The van der Waals surface area contributed by atoms with E-state index >= 15 is 0 Å². The zero-order valence-electron chi connectivity index (χ0n) is 12.4. The Balaban J connectivity index is 2.08. The van der Waals surface area contributed by atoms with Gasteiger partial charge in [-0.1, -0.05) is 11.6 Å². The van der Waals surface area contributed by atoms with Gasteiger partial charge >= 0.3 is 0 Å². The first kappa shape index (κ1) is 15.3. The summed E-state index contributed by atoms with van der Waals surface area (Å²) in [5, 5.41) is 13.8. The van der Waals surface area contributed by atoms with Crippen molar-refractivity contribution in [2.24, 2.45) is 0 Å². The van der Waals surface area contributed by atoms with Crippen molar-refractivity contribution in [3.8, 4) is 11.5 Å². The second-order valence-corrected chi connectivity index (χ2v) is 5.32. The maximum Gasteiger partial charge on any atom is 0.124 e. The van der Waals surface area contributed by atoms with E-state index in [1.165, 1.54) is 0 Å². The van der Waals surface area contributed by atoms with E-state index in [4.69, 9.17) is 16.3 Å². The highest BCUT2D eigenvalue weighted by Crippen LogP contribution is 2.28. The van der Waals surface area contributed by atoms with Crippen LogP contribution in [0.1, 0.15) is 5.56 Å². The number of rotatable bonds is 5. The third-order valence-corrected chi connectivity index (χ3v) is 3.51. The smallest absolute Gasteiger partial charge is 0.124 e. The van der Waals surface area contributed by atoms with E-state index < -0.39 is 0 Å². The Hall–Kier alpha value is -2.07. The second kappa shape index (κ2) is 6.59. The molecule has 0 unspecified atom stereocenters. The van der Waals surface area contributed by atoms with Gasteiger partial charge in [0.05, 0.1) is 17.8 Å². The average Bonchev–Trinajstić information content (AvgIpc) is 2.45. The third kappa shape index (κ3) is 3.73. The molecular weight excluding hydrogens is 288 g/mol. The highest BCUT2D eigenvalue weighted by molar-refractivity contribution is 6.33. The molecule has 0 aromatic heterocycles. The first-order valence-electron chi connectivity index (χ1n) is 6.58. The van der Waals surface area contributed by atoms with Crippen LogP contribution >= 0.6 is 11.6 Å². The molecule has 4 nitrogen and oxygen atoms in total. The molecule has 0 radical (unpaired) electrons. The number of nitrogens with zero attached hydrogens (tertiary/aromatic N) is 1. The minimum atomic E-state index is 0.206. The minimum absolute atomic E-state index is 0.206. The van der Waals surface area contributed by atoms with Gasteiger partial charge in [0, 0.05) is 38.0 Å². The number of methoxy groups -OCH3 is 1. The van der Waals surface area contributed by atoms with Gasteiger partial charge in [-0.2, -0.15) is 0 Å². The lowest BCUT2D eigenvalue weighted by Gasteiger charge is -2.16. The lowest BCUT2D eigenvalue weighted by atomic mass is 10.2. The van der Waals surface area contributed by atoms with E-state index in [1.54, 1.807) is 13.2 Å². The molecule has 0 saturated carbocycles.